The molecule has 0 radical (unpaired) electrons. The summed E-state index contributed by atoms with van der Waals surface area (Å²) in [6.45, 7) is 0. The smallest absolute Gasteiger partial charge is 0.246 e. The molecule has 6 heteroatoms. The Morgan fingerprint density at radius 3 is 2.41 bits per heavy atom. The van der Waals surface area contributed by atoms with Crippen LogP contribution in [0.3, 0.4) is 0 Å². The van der Waals surface area contributed by atoms with E-state index in [1.807, 2.05) is 0 Å². The highest BCUT2D eigenvalue weighted by Gasteiger charge is 2.49. The summed E-state index contributed by atoms with van der Waals surface area (Å²) in [5.74, 6) is -4.02. The maximum Gasteiger partial charge on any atom is 0.246 e. The van der Waals surface area contributed by atoms with Crippen LogP contribution in [0, 0.1) is 0 Å². The lowest BCUT2D eigenvalue weighted by molar-refractivity contribution is -0.327. The van der Waals surface area contributed by atoms with E-state index in [2.05, 4.69) is 0 Å². The molecule has 94 valence electrons. The molecular formula is C11H13ClO5. The van der Waals surface area contributed by atoms with Gasteiger partial charge in [-0.2, -0.15) is 0 Å². The minimum Gasteiger partial charge on any atom is -0.358 e. The number of carbonyl (C=O) groups excluding carboxylic acids is 1. The van der Waals surface area contributed by atoms with Gasteiger partial charge in [0.15, 0.2) is 0 Å². The number of hydrogen-bond acceptors (Lipinski definition) is 5. The highest BCUT2D eigenvalue weighted by atomic mass is 35.5. The Hall–Kier alpha value is -0.980. The van der Waals surface area contributed by atoms with Crippen LogP contribution < -0.4 is 0 Å². The Bertz CT molecular complexity index is 401. The van der Waals surface area contributed by atoms with Crippen LogP contribution in [0.1, 0.15) is 0 Å². The number of halogens is 1. The predicted molar refractivity (Wildman–Crippen MR) is 61.1 cm³/mol. The second-order valence-corrected chi connectivity index (χ2v) is 3.79. The molecule has 1 aliphatic carbocycles. The first-order chi connectivity index (χ1) is 7.87. The number of ether oxygens (including phenoxy) is 2. The maximum atomic E-state index is 10.6. The molecule has 5 nitrogen and oxygen atoms in total. The summed E-state index contributed by atoms with van der Waals surface area (Å²) in [7, 11) is 2.44. The second-order valence-electron chi connectivity index (χ2n) is 3.42. The zero-order valence-corrected chi connectivity index (χ0v) is 10.1. The Morgan fingerprint density at radius 2 is 1.94 bits per heavy atom. The summed E-state index contributed by atoms with van der Waals surface area (Å²) in [5, 5.41) is 19.4. The summed E-state index contributed by atoms with van der Waals surface area (Å²) in [5.41, 5.74) is 0.449. The summed E-state index contributed by atoms with van der Waals surface area (Å²) < 4.78 is 9.61. The van der Waals surface area contributed by atoms with Gasteiger partial charge in [0.05, 0.1) is 0 Å². The van der Waals surface area contributed by atoms with Crippen LogP contribution in [0.15, 0.2) is 36.0 Å². The van der Waals surface area contributed by atoms with Gasteiger partial charge >= 0.3 is 0 Å². The number of aliphatic hydroxyl groups is 2. The van der Waals surface area contributed by atoms with Crippen LogP contribution in [0.5, 0.6) is 0 Å². The molecule has 0 spiro atoms. The van der Waals surface area contributed by atoms with Crippen LogP contribution in [-0.2, 0) is 14.3 Å². The van der Waals surface area contributed by atoms with Crippen molar-refractivity contribution in [2.75, 3.05) is 14.2 Å². The van der Waals surface area contributed by atoms with E-state index in [0.717, 1.165) is 6.08 Å². The van der Waals surface area contributed by atoms with Gasteiger partial charge in [-0.05, 0) is 35.4 Å². The lowest BCUT2D eigenvalue weighted by Gasteiger charge is -2.38. The fraction of sp³-hybridized carbons (Fsp3) is 0.364. The van der Waals surface area contributed by atoms with E-state index in [-0.39, 0.29) is 0 Å². The molecule has 17 heavy (non-hydrogen) atoms. The first kappa shape index (κ1) is 14.1. The molecule has 0 aromatic carbocycles. The SMILES string of the molecule is COC1(O)C=CC(C=CC(=O)Cl)=CC1(O)OC. The molecule has 0 aromatic heterocycles. The lowest BCUT2D eigenvalue weighted by atomic mass is 9.95. The van der Waals surface area contributed by atoms with Crippen molar-refractivity contribution in [2.24, 2.45) is 0 Å². The van der Waals surface area contributed by atoms with Crippen molar-refractivity contribution in [2.45, 2.75) is 11.6 Å². The number of rotatable bonds is 4. The minimum atomic E-state index is -2.04. The number of hydrogen-bond donors (Lipinski definition) is 2. The third kappa shape index (κ3) is 2.83. The molecular weight excluding hydrogens is 248 g/mol. The Kier molecular flexibility index (Phi) is 4.24. The van der Waals surface area contributed by atoms with Crippen molar-refractivity contribution in [3.63, 3.8) is 0 Å². The van der Waals surface area contributed by atoms with Gasteiger partial charge in [0.2, 0.25) is 16.8 Å². The Balaban J connectivity index is 3.06. The van der Waals surface area contributed by atoms with Crippen molar-refractivity contribution in [1.29, 1.82) is 0 Å². The Labute approximate surface area is 104 Å². The molecule has 0 heterocycles. The van der Waals surface area contributed by atoms with Gasteiger partial charge in [-0.25, -0.2) is 0 Å². The van der Waals surface area contributed by atoms with Crippen LogP contribution >= 0.6 is 11.6 Å². The largest absolute Gasteiger partial charge is 0.358 e. The maximum absolute atomic E-state index is 10.6. The van der Waals surface area contributed by atoms with Crippen LogP contribution in [0.25, 0.3) is 0 Å². The van der Waals surface area contributed by atoms with E-state index < -0.39 is 16.8 Å². The summed E-state index contributed by atoms with van der Waals surface area (Å²) in [6.07, 6.45) is 6.39. The lowest BCUT2D eigenvalue weighted by Crippen LogP contribution is -2.55. The third-order valence-electron chi connectivity index (χ3n) is 2.41. The van der Waals surface area contributed by atoms with E-state index in [1.54, 1.807) is 0 Å². The Morgan fingerprint density at radius 1 is 1.35 bits per heavy atom. The molecule has 0 aliphatic heterocycles. The van der Waals surface area contributed by atoms with Gasteiger partial charge < -0.3 is 19.7 Å². The molecule has 2 N–H and O–H groups in total. The fourth-order valence-electron chi connectivity index (χ4n) is 1.39. The normalized spacial score (nSPS) is 32.9. The first-order valence-electron chi connectivity index (χ1n) is 4.71. The van der Waals surface area contributed by atoms with Crippen LogP contribution in [0.4, 0.5) is 0 Å². The van der Waals surface area contributed by atoms with E-state index in [9.17, 15) is 15.0 Å². The van der Waals surface area contributed by atoms with Gasteiger partial charge in [-0.3, -0.25) is 4.79 Å². The van der Waals surface area contributed by atoms with Gasteiger partial charge in [0, 0.05) is 14.2 Å². The molecule has 0 aromatic rings. The number of carbonyl (C=O) groups is 1. The molecule has 0 fully saturated rings. The van der Waals surface area contributed by atoms with Gasteiger partial charge in [-0.15, -0.1) is 0 Å². The highest BCUT2D eigenvalue weighted by molar-refractivity contribution is 6.66. The summed E-state index contributed by atoms with van der Waals surface area (Å²) in [4.78, 5) is 10.6. The molecule has 0 bridgehead atoms. The van der Waals surface area contributed by atoms with Crippen molar-refractivity contribution in [3.8, 4) is 0 Å². The molecule has 1 rings (SSSR count). The number of methoxy groups -OCH3 is 2. The average Bonchev–Trinajstić information content (AvgIpc) is 2.30. The molecule has 0 amide bonds. The van der Waals surface area contributed by atoms with Crippen molar-refractivity contribution in [1.82, 2.24) is 0 Å². The van der Waals surface area contributed by atoms with Gasteiger partial charge in [0.25, 0.3) is 0 Å². The second kappa shape index (κ2) is 5.12. The highest BCUT2D eigenvalue weighted by Crippen LogP contribution is 2.32. The minimum absolute atomic E-state index is 0.449. The van der Waals surface area contributed by atoms with Crippen LogP contribution in [-0.4, -0.2) is 41.2 Å². The van der Waals surface area contributed by atoms with Crippen molar-refractivity contribution in [3.05, 3.63) is 36.0 Å². The fourth-order valence-corrected chi connectivity index (χ4v) is 1.45. The van der Waals surface area contributed by atoms with E-state index in [0.29, 0.717) is 5.57 Å². The van der Waals surface area contributed by atoms with Crippen molar-refractivity contribution < 1.29 is 24.5 Å². The monoisotopic (exact) mass is 260 g/mol. The zero-order valence-electron chi connectivity index (χ0n) is 9.38. The summed E-state index contributed by atoms with van der Waals surface area (Å²) >= 11 is 5.14. The molecule has 0 saturated carbocycles. The van der Waals surface area contributed by atoms with Crippen LogP contribution in [0.2, 0.25) is 0 Å². The predicted octanol–water partition coefficient (Wildman–Crippen LogP) is 0.474. The van der Waals surface area contributed by atoms with Crippen molar-refractivity contribution >= 4 is 16.8 Å². The topological polar surface area (TPSA) is 76.0 Å². The van der Waals surface area contributed by atoms with E-state index in [4.69, 9.17) is 21.1 Å². The molecule has 1 aliphatic rings. The van der Waals surface area contributed by atoms with E-state index in [1.165, 1.54) is 38.5 Å². The zero-order chi connectivity index (χ0) is 13.1. The molecule has 0 saturated heterocycles. The summed E-state index contributed by atoms with van der Waals surface area (Å²) in [6, 6.07) is 0. The standard InChI is InChI=1S/C11H13ClO5/c1-16-10(14)6-5-8(3-4-9(12)13)7-11(10,15)17-2/h3-7,14-15H,1-2H3. The third-order valence-corrected chi connectivity index (χ3v) is 2.53. The molecule has 2 unspecified atom stereocenters. The quantitative estimate of drug-likeness (QED) is 0.437. The number of allylic oxidation sites excluding steroid dienone is 4. The van der Waals surface area contributed by atoms with E-state index >= 15 is 0 Å². The van der Waals surface area contributed by atoms with Gasteiger partial charge in [-0.1, -0.05) is 12.2 Å². The average molecular weight is 261 g/mol. The van der Waals surface area contributed by atoms with Gasteiger partial charge in [0.1, 0.15) is 0 Å². The molecule has 2 atom stereocenters. The first-order valence-corrected chi connectivity index (χ1v) is 5.09.